The summed E-state index contributed by atoms with van der Waals surface area (Å²) in [6, 6.07) is 98.5. The Hall–Kier alpha value is -11.1. The molecule has 0 atom stereocenters. The lowest BCUT2D eigenvalue weighted by atomic mass is 9.67. The predicted molar refractivity (Wildman–Crippen MR) is 401 cm³/mol. The zero-order valence-corrected chi connectivity index (χ0v) is 56.3. The number of rotatable bonds is 14. The van der Waals surface area contributed by atoms with Gasteiger partial charge in [-0.15, -0.1) is 11.3 Å². The number of hydrogen-bond donors (Lipinski definition) is 0. The highest BCUT2D eigenvalue weighted by Gasteiger charge is 2.49. The highest BCUT2D eigenvalue weighted by Crippen LogP contribution is 2.63. The topological polar surface area (TPSA) is 62.7 Å². The van der Waals surface area contributed by atoms with Gasteiger partial charge in [-0.2, -0.15) is 0 Å². The Bertz CT molecular complexity index is 5160. The molecule has 2 heterocycles. The molecular formula is C90H70N2O4S. The van der Waals surface area contributed by atoms with Gasteiger partial charge >= 0.3 is 0 Å². The molecule has 0 unspecified atom stereocenters. The van der Waals surface area contributed by atoms with Crippen LogP contribution in [0.25, 0.3) is 109 Å². The minimum atomic E-state index is -0.739. The van der Waals surface area contributed by atoms with Crippen molar-refractivity contribution in [2.45, 2.75) is 50.4 Å². The second-order valence-corrected chi connectivity index (χ2v) is 27.4. The molecule has 17 rings (SSSR count). The van der Waals surface area contributed by atoms with E-state index in [1.165, 1.54) is 33.4 Å². The maximum Gasteiger partial charge on any atom is 0.118 e. The molecule has 470 valence electrons. The van der Waals surface area contributed by atoms with E-state index in [2.05, 4.69) is 295 Å². The lowest BCUT2D eigenvalue weighted by Gasteiger charge is -2.34. The molecule has 13 aromatic carbocycles. The molecule has 2 aliphatic rings. The Morgan fingerprint density at radius 3 is 0.928 bits per heavy atom. The molecule has 2 aliphatic carbocycles. The third-order valence-corrected chi connectivity index (χ3v) is 22.1. The van der Waals surface area contributed by atoms with Gasteiger partial charge in [0.1, 0.15) is 34.0 Å². The molecule has 0 fully saturated rings. The van der Waals surface area contributed by atoms with E-state index in [1.807, 2.05) is 0 Å². The first-order valence-electron chi connectivity index (χ1n) is 33.4. The fourth-order valence-electron chi connectivity index (χ4n) is 16.1. The first-order chi connectivity index (χ1) is 47.5. The van der Waals surface area contributed by atoms with Crippen molar-refractivity contribution in [3.63, 3.8) is 0 Å². The van der Waals surface area contributed by atoms with Gasteiger partial charge in [-0.25, -0.2) is 9.97 Å². The van der Waals surface area contributed by atoms with Gasteiger partial charge < -0.3 is 18.9 Å². The van der Waals surface area contributed by atoms with Crippen LogP contribution in [0.15, 0.2) is 267 Å². The summed E-state index contributed by atoms with van der Waals surface area (Å²) in [5.74, 6) is 4.02. The van der Waals surface area contributed by atoms with Crippen LogP contribution in [0.5, 0.6) is 23.0 Å². The highest BCUT2D eigenvalue weighted by atomic mass is 32.1. The first kappa shape index (κ1) is 59.6. The third kappa shape index (κ3) is 9.12. The zero-order valence-electron chi connectivity index (χ0n) is 55.5. The molecule has 0 spiro atoms. The second kappa shape index (κ2) is 23.4. The number of nitrogens with zero attached hydrogens (tertiary/aromatic N) is 2. The maximum absolute atomic E-state index is 6.25. The molecule has 0 amide bonds. The van der Waals surface area contributed by atoms with Crippen molar-refractivity contribution in [3.05, 3.63) is 323 Å². The Morgan fingerprint density at radius 2 is 0.598 bits per heavy atom. The van der Waals surface area contributed by atoms with E-state index in [-0.39, 0.29) is 0 Å². The summed E-state index contributed by atoms with van der Waals surface area (Å²) < 4.78 is 23.4. The Labute approximate surface area is 570 Å². The van der Waals surface area contributed by atoms with Gasteiger partial charge in [-0.3, -0.25) is 0 Å². The standard InChI is InChI=1S/C90H70N2O4S/c1-53(2)55-23-27-57(28-24-55)59-31-49-69-70-50-32-60(58-29-25-56(26-30-58)54(3)4)52-76(70)84-83(75(69)51-59)91-85-86(92-84)88(74-18-14-22-80-82(74)72-16-10-12-20-78(72)90(80,63-37-45-67(95-7)46-38-63)64-39-47-68(96-8)48-40-64)97-87(85)73-17-13-21-79-81(73)71-15-9-11-19-77(71)89(79,61-33-41-65(93-5)42-34-61)62-35-43-66(94-6)44-36-62/h9-54H,1-8H3. The number of fused-ring (bicyclic) bond motifs is 13. The fraction of sp³-hybridized carbons (Fsp3) is 0.133. The molecule has 0 radical (unpaired) electrons. The molecule has 97 heavy (non-hydrogen) atoms. The van der Waals surface area contributed by atoms with Crippen molar-refractivity contribution in [1.29, 1.82) is 0 Å². The Kier molecular flexibility index (Phi) is 14.4. The van der Waals surface area contributed by atoms with Crippen LogP contribution in [0.2, 0.25) is 0 Å². The number of benzene rings is 13. The molecule has 0 saturated heterocycles. The van der Waals surface area contributed by atoms with Crippen LogP contribution in [-0.2, 0) is 10.8 Å². The average Bonchev–Trinajstić information content (AvgIpc) is 1.55. The SMILES string of the molecule is COc1ccc(C2(c3ccc(OC)cc3)c3ccccc3-c3c(-c4sc(-c5cccc6c5-c5ccccc5C6(c5ccc(OC)cc5)c5ccc(OC)cc5)c5nc6c7cc(-c8ccc(C(C)C)cc8)ccc7c7ccc(-c8ccc(C(C)C)cc8)cc7c6nc45)cccc32)cc1. The van der Waals surface area contributed by atoms with Crippen molar-refractivity contribution >= 4 is 54.9 Å². The van der Waals surface area contributed by atoms with E-state index >= 15 is 0 Å². The predicted octanol–water partition coefficient (Wildman–Crippen LogP) is 22.8. The van der Waals surface area contributed by atoms with E-state index in [4.69, 9.17) is 28.9 Å². The van der Waals surface area contributed by atoms with Crippen molar-refractivity contribution in [2.75, 3.05) is 28.4 Å². The molecule has 15 aromatic rings. The molecule has 0 aliphatic heterocycles. The van der Waals surface area contributed by atoms with Crippen LogP contribution in [0.4, 0.5) is 0 Å². The molecule has 0 saturated carbocycles. The lowest BCUT2D eigenvalue weighted by molar-refractivity contribution is 0.414. The summed E-state index contributed by atoms with van der Waals surface area (Å²) in [6.07, 6.45) is 0. The van der Waals surface area contributed by atoms with Gasteiger partial charge in [0.05, 0.1) is 60.1 Å². The number of aromatic nitrogens is 2. The Balaban J connectivity index is 1.01. The summed E-state index contributed by atoms with van der Waals surface area (Å²) >= 11 is 1.80. The van der Waals surface area contributed by atoms with Crippen LogP contribution in [-0.4, -0.2) is 38.4 Å². The number of hydrogen-bond acceptors (Lipinski definition) is 7. The molecule has 6 nitrogen and oxygen atoms in total. The van der Waals surface area contributed by atoms with Gasteiger partial charge in [0.2, 0.25) is 0 Å². The maximum atomic E-state index is 6.25. The highest BCUT2D eigenvalue weighted by molar-refractivity contribution is 7.21. The third-order valence-electron chi connectivity index (χ3n) is 20.9. The minimum absolute atomic E-state index is 0.415. The molecule has 7 heteroatoms. The molecular weight excluding hydrogens is 1210 g/mol. The van der Waals surface area contributed by atoms with Gasteiger partial charge in [0.25, 0.3) is 0 Å². The van der Waals surface area contributed by atoms with Gasteiger partial charge in [0, 0.05) is 21.9 Å². The van der Waals surface area contributed by atoms with Crippen LogP contribution < -0.4 is 18.9 Å². The number of ether oxygens (including phenoxy) is 4. The van der Waals surface area contributed by atoms with Crippen molar-refractivity contribution in [3.8, 4) is 88.4 Å². The van der Waals surface area contributed by atoms with E-state index in [9.17, 15) is 0 Å². The summed E-state index contributed by atoms with van der Waals surface area (Å²) in [5, 5.41) is 4.35. The first-order valence-corrected chi connectivity index (χ1v) is 34.3. The van der Waals surface area contributed by atoms with Crippen LogP contribution >= 0.6 is 11.3 Å². The quantitative estimate of drug-likeness (QED) is 0.101. The molecule has 0 bridgehead atoms. The van der Waals surface area contributed by atoms with Gasteiger partial charge in [0.15, 0.2) is 0 Å². The normalized spacial score (nSPS) is 13.3. The summed E-state index contributed by atoms with van der Waals surface area (Å²) in [6.45, 7) is 9.00. The molecule has 2 aromatic heterocycles. The van der Waals surface area contributed by atoms with Gasteiger partial charge in [-0.1, -0.05) is 234 Å². The van der Waals surface area contributed by atoms with Crippen LogP contribution in [0.3, 0.4) is 0 Å². The number of thiophene rings is 1. The number of methoxy groups -OCH3 is 4. The van der Waals surface area contributed by atoms with Crippen LogP contribution in [0.1, 0.15) is 95.2 Å². The van der Waals surface area contributed by atoms with E-state index in [1.54, 1.807) is 39.8 Å². The van der Waals surface area contributed by atoms with Gasteiger partial charge in [-0.05, 0) is 183 Å². The largest absolute Gasteiger partial charge is 0.497 e. The minimum Gasteiger partial charge on any atom is -0.497 e. The second-order valence-electron chi connectivity index (χ2n) is 26.4. The van der Waals surface area contributed by atoms with Crippen molar-refractivity contribution < 1.29 is 18.9 Å². The fourth-order valence-corrected chi connectivity index (χ4v) is 17.3. The average molecular weight is 1280 g/mol. The monoisotopic (exact) mass is 1270 g/mol. The lowest BCUT2D eigenvalue weighted by Crippen LogP contribution is -2.28. The van der Waals surface area contributed by atoms with E-state index in [0.29, 0.717) is 11.8 Å². The summed E-state index contributed by atoms with van der Waals surface area (Å²) in [4.78, 5) is 14.6. The molecule has 0 N–H and O–H groups in total. The Morgan fingerprint density at radius 1 is 0.289 bits per heavy atom. The smallest absolute Gasteiger partial charge is 0.118 e. The van der Waals surface area contributed by atoms with E-state index in [0.717, 1.165) is 154 Å². The van der Waals surface area contributed by atoms with Crippen molar-refractivity contribution in [1.82, 2.24) is 9.97 Å². The van der Waals surface area contributed by atoms with Crippen molar-refractivity contribution in [2.24, 2.45) is 0 Å². The van der Waals surface area contributed by atoms with E-state index < -0.39 is 10.8 Å². The summed E-state index contributed by atoms with van der Waals surface area (Å²) in [5.41, 5.74) is 25.2. The summed E-state index contributed by atoms with van der Waals surface area (Å²) in [7, 11) is 6.92. The zero-order chi connectivity index (χ0) is 65.8. The van der Waals surface area contributed by atoms with Crippen LogP contribution in [0, 0.1) is 0 Å².